The van der Waals surface area contributed by atoms with E-state index in [1.165, 1.54) is 12.8 Å². The lowest BCUT2D eigenvalue weighted by Crippen LogP contribution is -2.10. The predicted molar refractivity (Wildman–Crippen MR) is 52.7 cm³/mol. The third-order valence-electron chi connectivity index (χ3n) is 2.49. The molecule has 0 aromatic rings. The Morgan fingerprint density at radius 2 is 1.45 bits per heavy atom. The maximum atomic E-state index is 2.36. The number of rotatable bonds is 3. The van der Waals surface area contributed by atoms with Crippen molar-refractivity contribution in [3.8, 4) is 0 Å². The van der Waals surface area contributed by atoms with Crippen molar-refractivity contribution < 1.29 is 0 Å². The Kier molecular flexibility index (Phi) is 4.13. The predicted octanol–water partition coefficient (Wildman–Crippen LogP) is 4.10. The van der Waals surface area contributed by atoms with Crippen molar-refractivity contribution in [2.24, 2.45) is 17.3 Å². The molecule has 0 aliphatic rings. The van der Waals surface area contributed by atoms with E-state index in [1.54, 1.807) is 0 Å². The van der Waals surface area contributed by atoms with Gasteiger partial charge in [-0.3, -0.25) is 0 Å². The smallest absolute Gasteiger partial charge is 0.0383 e. The minimum absolute atomic E-state index is 0.517. The van der Waals surface area contributed by atoms with Crippen molar-refractivity contribution in [3.05, 3.63) is 0 Å². The van der Waals surface area contributed by atoms with Crippen LogP contribution in [0.5, 0.6) is 0 Å². The summed E-state index contributed by atoms with van der Waals surface area (Å²) in [5, 5.41) is 0. The van der Waals surface area contributed by atoms with Crippen LogP contribution in [0.25, 0.3) is 0 Å². The first-order chi connectivity index (χ1) is 4.83. The summed E-state index contributed by atoms with van der Waals surface area (Å²) in [5.74, 6) is 1.73. The van der Waals surface area contributed by atoms with E-state index in [-0.39, 0.29) is 0 Å². The van der Waals surface area contributed by atoms with E-state index in [2.05, 4.69) is 41.5 Å². The molecule has 0 aliphatic carbocycles. The van der Waals surface area contributed by atoms with Crippen LogP contribution in [0.2, 0.25) is 0 Å². The maximum absolute atomic E-state index is 2.36. The fraction of sp³-hybridized carbons (Fsp3) is 1.00. The summed E-state index contributed by atoms with van der Waals surface area (Å²) in [7, 11) is 0. The highest BCUT2D eigenvalue weighted by atomic mass is 14.2. The topological polar surface area (TPSA) is 0 Å². The van der Waals surface area contributed by atoms with Gasteiger partial charge in [0.15, 0.2) is 0 Å². The summed E-state index contributed by atoms with van der Waals surface area (Å²) >= 11 is 0. The fourth-order valence-corrected chi connectivity index (χ4v) is 0.994. The van der Waals surface area contributed by atoms with Gasteiger partial charge in [-0.1, -0.05) is 41.5 Å². The summed E-state index contributed by atoms with van der Waals surface area (Å²) in [6.45, 7) is 13.9. The molecule has 0 heteroatoms. The number of hydrogen-bond donors (Lipinski definition) is 0. The van der Waals surface area contributed by atoms with Crippen LogP contribution in [-0.2, 0) is 0 Å². The van der Waals surface area contributed by atoms with Gasteiger partial charge in [-0.05, 0) is 30.1 Å². The third-order valence-corrected chi connectivity index (χ3v) is 2.49. The molecule has 0 aliphatic heterocycles. The quantitative estimate of drug-likeness (QED) is 0.577. The van der Waals surface area contributed by atoms with Gasteiger partial charge in [-0.2, -0.15) is 0 Å². The van der Waals surface area contributed by atoms with Crippen LogP contribution in [-0.4, -0.2) is 0 Å². The van der Waals surface area contributed by atoms with Crippen LogP contribution in [0.15, 0.2) is 0 Å². The van der Waals surface area contributed by atoms with Crippen molar-refractivity contribution in [1.82, 2.24) is 0 Å². The Hall–Kier alpha value is 0. The van der Waals surface area contributed by atoms with Crippen molar-refractivity contribution in [2.75, 3.05) is 0 Å². The summed E-state index contributed by atoms with van der Waals surface area (Å²) in [6.07, 6.45) is 2.73. The van der Waals surface area contributed by atoms with Crippen molar-refractivity contribution in [1.29, 1.82) is 0 Å². The minimum Gasteiger partial charge on any atom is -0.0625 e. The Balaban J connectivity index is 3.54. The first-order valence-electron chi connectivity index (χ1n) is 4.83. The normalized spacial score (nSPS) is 15.5. The van der Waals surface area contributed by atoms with Gasteiger partial charge in [-0.15, -0.1) is 0 Å². The zero-order valence-corrected chi connectivity index (χ0v) is 9.07. The first kappa shape index (κ1) is 11.0. The highest BCUT2D eigenvalue weighted by Crippen LogP contribution is 2.26. The average Bonchev–Trinajstić information content (AvgIpc) is 1.80. The largest absolute Gasteiger partial charge is 0.0625 e. The second kappa shape index (κ2) is 4.13. The monoisotopic (exact) mass is 156 g/mol. The van der Waals surface area contributed by atoms with Gasteiger partial charge < -0.3 is 0 Å². The average molecular weight is 156 g/mol. The third kappa shape index (κ3) is 6.40. The highest BCUT2D eigenvalue weighted by Gasteiger charge is 2.13. The standard InChI is InChI=1S/C11H24/c1-9(2)10(3)7-8-11(4,5)6/h9-10H,7-8H2,1-6H3/t10-/m1/s1. The molecule has 11 heavy (non-hydrogen) atoms. The van der Waals surface area contributed by atoms with E-state index in [4.69, 9.17) is 0 Å². The Morgan fingerprint density at radius 1 is 1.00 bits per heavy atom. The van der Waals surface area contributed by atoms with Gasteiger partial charge in [0.1, 0.15) is 0 Å². The molecule has 1 atom stereocenters. The number of hydrogen-bond acceptors (Lipinski definition) is 0. The van der Waals surface area contributed by atoms with Crippen LogP contribution in [0.4, 0.5) is 0 Å². The molecule has 0 radical (unpaired) electrons. The van der Waals surface area contributed by atoms with E-state index >= 15 is 0 Å². The van der Waals surface area contributed by atoms with Crippen molar-refractivity contribution in [3.63, 3.8) is 0 Å². The molecular weight excluding hydrogens is 132 g/mol. The zero-order chi connectivity index (χ0) is 9.07. The van der Waals surface area contributed by atoms with E-state index in [0.29, 0.717) is 5.41 Å². The zero-order valence-electron chi connectivity index (χ0n) is 9.07. The van der Waals surface area contributed by atoms with Crippen LogP contribution in [0.3, 0.4) is 0 Å². The molecule has 0 rings (SSSR count). The second-order valence-electron chi connectivity index (χ2n) is 5.32. The molecule has 0 amide bonds. The van der Waals surface area contributed by atoms with Crippen LogP contribution in [0, 0.1) is 17.3 Å². The lowest BCUT2D eigenvalue weighted by molar-refractivity contribution is 0.294. The second-order valence-corrected chi connectivity index (χ2v) is 5.32. The van der Waals surface area contributed by atoms with Crippen LogP contribution >= 0.6 is 0 Å². The summed E-state index contributed by atoms with van der Waals surface area (Å²) in [5.41, 5.74) is 0.517. The van der Waals surface area contributed by atoms with Gasteiger partial charge >= 0.3 is 0 Å². The molecule has 0 N–H and O–H groups in total. The highest BCUT2D eigenvalue weighted by molar-refractivity contribution is 4.65. The Morgan fingerprint density at radius 3 is 1.73 bits per heavy atom. The molecule has 0 aromatic heterocycles. The van der Waals surface area contributed by atoms with Crippen LogP contribution < -0.4 is 0 Å². The molecule has 0 heterocycles. The molecule has 0 saturated heterocycles. The fourth-order valence-electron chi connectivity index (χ4n) is 0.994. The van der Waals surface area contributed by atoms with E-state index in [0.717, 1.165) is 11.8 Å². The van der Waals surface area contributed by atoms with Crippen LogP contribution in [0.1, 0.15) is 54.4 Å². The van der Waals surface area contributed by atoms with Gasteiger partial charge in [0.2, 0.25) is 0 Å². The SMILES string of the molecule is CC(C)[C@H](C)CCC(C)(C)C. The first-order valence-corrected chi connectivity index (χ1v) is 4.83. The van der Waals surface area contributed by atoms with E-state index in [1.807, 2.05) is 0 Å². The molecule has 0 unspecified atom stereocenters. The molecule has 0 saturated carbocycles. The Labute approximate surface area is 72.4 Å². The molecule has 0 nitrogen and oxygen atoms in total. The van der Waals surface area contributed by atoms with Gasteiger partial charge in [-0.25, -0.2) is 0 Å². The van der Waals surface area contributed by atoms with Crippen molar-refractivity contribution in [2.45, 2.75) is 54.4 Å². The molecule has 68 valence electrons. The summed E-state index contributed by atoms with van der Waals surface area (Å²) < 4.78 is 0. The van der Waals surface area contributed by atoms with E-state index < -0.39 is 0 Å². The van der Waals surface area contributed by atoms with Gasteiger partial charge in [0.25, 0.3) is 0 Å². The summed E-state index contributed by atoms with van der Waals surface area (Å²) in [4.78, 5) is 0. The molecule has 0 spiro atoms. The maximum Gasteiger partial charge on any atom is -0.0383 e. The molecular formula is C11H24. The van der Waals surface area contributed by atoms with Crippen molar-refractivity contribution >= 4 is 0 Å². The van der Waals surface area contributed by atoms with Gasteiger partial charge in [0, 0.05) is 0 Å². The lowest BCUT2D eigenvalue weighted by Gasteiger charge is -2.22. The Bertz CT molecular complexity index is 95.1. The summed E-state index contributed by atoms with van der Waals surface area (Å²) in [6, 6.07) is 0. The van der Waals surface area contributed by atoms with E-state index in [9.17, 15) is 0 Å². The minimum atomic E-state index is 0.517. The molecule has 0 fully saturated rings. The van der Waals surface area contributed by atoms with Gasteiger partial charge in [0.05, 0.1) is 0 Å². The molecule has 0 aromatic carbocycles. The lowest BCUT2D eigenvalue weighted by atomic mass is 9.84. The molecule has 0 bridgehead atoms.